The lowest BCUT2D eigenvalue weighted by molar-refractivity contribution is 0.738. The van der Waals surface area contributed by atoms with Gasteiger partial charge in [-0.3, -0.25) is 0 Å². The minimum Gasteiger partial charge on any atom is -0.383 e. The summed E-state index contributed by atoms with van der Waals surface area (Å²) < 4.78 is 0. The molecule has 68 valence electrons. The Morgan fingerprint density at radius 3 is 3.08 bits per heavy atom. The number of rotatable bonds is 1. The van der Waals surface area contributed by atoms with Crippen LogP contribution in [0, 0.1) is 0 Å². The van der Waals surface area contributed by atoms with E-state index in [1.807, 2.05) is 12.1 Å². The first kappa shape index (κ1) is 8.26. The van der Waals surface area contributed by atoms with Gasteiger partial charge in [-0.25, -0.2) is 4.98 Å². The molecule has 0 bridgehead atoms. The van der Waals surface area contributed by atoms with Crippen molar-refractivity contribution in [3.63, 3.8) is 0 Å². The molecule has 1 aliphatic rings. The molecule has 13 heavy (non-hydrogen) atoms. The molecule has 2 rings (SSSR count). The van der Waals surface area contributed by atoms with Gasteiger partial charge < -0.3 is 11.1 Å². The summed E-state index contributed by atoms with van der Waals surface area (Å²) in [5.41, 5.74) is 8.18. The van der Waals surface area contributed by atoms with Crippen LogP contribution in [-0.2, 0) is 0 Å². The largest absolute Gasteiger partial charge is 0.383 e. The maximum Gasteiger partial charge on any atom is 0.130 e. The fourth-order valence-electron chi connectivity index (χ4n) is 1.56. The lowest BCUT2D eigenvalue weighted by Gasteiger charge is -2.14. The van der Waals surface area contributed by atoms with Crippen molar-refractivity contribution in [2.45, 2.75) is 6.42 Å². The lowest BCUT2D eigenvalue weighted by atomic mass is 10.0. The van der Waals surface area contributed by atoms with Crippen LogP contribution in [0.1, 0.15) is 12.0 Å². The number of nitrogens with one attached hydrogen (secondary N) is 1. The van der Waals surface area contributed by atoms with Gasteiger partial charge in [0.25, 0.3) is 0 Å². The molecule has 0 atom stereocenters. The predicted octanol–water partition coefficient (Wildman–Crippen LogP) is 1.04. The second kappa shape index (κ2) is 3.58. The van der Waals surface area contributed by atoms with Crippen molar-refractivity contribution >= 4 is 11.4 Å². The number of nitrogens with two attached hydrogens (primary N) is 1. The average molecular weight is 175 g/mol. The summed E-state index contributed by atoms with van der Waals surface area (Å²) in [6.07, 6.45) is 4.94. The van der Waals surface area contributed by atoms with E-state index < -0.39 is 0 Å². The molecule has 3 heteroatoms. The standard InChI is InChI=1S/C10H13N3/c11-10-9(2-1-5-13-10)8-3-6-12-7-4-8/h1-3,5,12H,4,6-7H2,(H2,11,13). The second-order valence-corrected chi connectivity index (χ2v) is 3.12. The Labute approximate surface area is 77.7 Å². The molecule has 1 aromatic heterocycles. The van der Waals surface area contributed by atoms with Crippen molar-refractivity contribution in [2.24, 2.45) is 0 Å². The molecule has 0 radical (unpaired) electrons. The summed E-state index contributed by atoms with van der Waals surface area (Å²) in [6, 6.07) is 3.95. The van der Waals surface area contributed by atoms with E-state index in [2.05, 4.69) is 16.4 Å². The van der Waals surface area contributed by atoms with Gasteiger partial charge in [0.2, 0.25) is 0 Å². The smallest absolute Gasteiger partial charge is 0.130 e. The Hall–Kier alpha value is -1.35. The highest BCUT2D eigenvalue weighted by atomic mass is 14.9. The average Bonchev–Trinajstić information content (AvgIpc) is 2.20. The van der Waals surface area contributed by atoms with E-state index in [9.17, 15) is 0 Å². The fourth-order valence-corrected chi connectivity index (χ4v) is 1.56. The third-order valence-electron chi connectivity index (χ3n) is 2.25. The maximum atomic E-state index is 5.78. The van der Waals surface area contributed by atoms with Crippen LogP contribution < -0.4 is 11.1 Å². The molecule has 0 unspecified atom stereocenters. The fraction of sp³-hybridized carbons (Fsp3) is 0.300. The predicted molar refractivity (Wildman–Crippen MR) is 54.1 cm³/mol. The number of hydrogen-bond acceptors (Lipinski definition) is 3. The van der Waals surface area contributed by atoms with Crippen LogP contribution in [-0.4, -0.2) is 18.1 Å². The van der Waals surface area contributed by atoms with Crippen molar-refractivity contribution in [2.75, 3.05) is 18.8 Å². The van der Waals surface area contributed by atoms with Crippen molar-refractivity contribution in [1.29, 1.82) is 0 Å². The highest BCUT2D eigenvalue weighted by Gasteiger charge is 2.08. The van der Waals surface area contributed by atoms with Crippen molar-refractivity contribution < 1.29 is 0 Å². The molecule has 0 spiro atoms. The van der Waals surface area contributed by atoms with Gasteiger partial charge in [0.1, 0.15) is 5.82 Å². The number of nitrogens with zero attached hydrogens (tertiary/aromatic N) is 1. The van der Waals surface area contributed by atoms with Crippen molar-refractivity contribution in [3.05, 3.63) is 30.0 Å². The molecule has 0 aromatic carbocycles. The Morgan fingerprint density at radius 2 is 2.38 bits per heavy atom. The molecule has 2 heterocycles. The van der Waals surface area contributed by atoms with Gasteiger partial charge in [-0.1, -0.05) is 6.08 Å². The van der Waals surface area contributed by atoms with Crippen LogP contribution in [0.4, 0.5) is 5.82 Å². The number of aromatic nitrogens is 1. The van der Waals surface area contributed by atoms with Crippen LogP contribution in [0.15, 0.2) is 24.4 Å². The lowest BCUT2D eigenvalue weighted by Crippen LogP contribution is -2.20. The highest BCUT2D eigenvalue weighted by Crippen LogP contribution is 2.22. The van der Waals surface area contributed by atoms with Crippen molar-refractivity contribution in [1.82, 2.24) is 10.3 Å². The van der Waals surface area contributed by atoms with Crippen LogP contribution in [0.3, 0.4) is 0 Å². The zero-order valence-electron chi connectivity index (χ0n) is 7.46. The molecule has 0 fully saturated rings. The summed E-state index contributed by atoms with van der Waals surface area (Å²) in [6.45, 7) is 1.96. The minimum atomic E-state index is 0.635. The third-order valence-corrected chi connectivity index (χ3v) is 2.25. The van der Waals surface area contributed by atoms with E-state index in [0.29, 0.717) is 5.82 Å². The molecule has 3 N–H and O–H groups in total. The van der Waals surface area contributed by atoms with E-state index in [1.165, 1.54) is 5.57 Å². The molecular formula is C10H13N3. The zero-order valence-corrected chi connectivity index (χ0v) is 7.46. The first-order valence-electron chi connectivity index (χ1n) is 4.48. The molecule has 0 saturated carbocycles. The molecule has 1 aromatic rings. The maximum absolute atomic E-state index is 5.78. The number of anilines is 1. The Kier molecular flexibility index (Phi) is 2.27. The molecule has 0 saturated heterocycles. The van der Waals surface area contributed by atoms with E-state index in [4.69, 9.17) is 5.73 Å². The first-order chi connectivity index (χ1) is 6.38. The quantitative estimate of drug-likeness (QED) is 0.670. The van der Waals surface area contributed by atoms with Crippen LogP contribution in [0.25, 0.3) is 5.57 Å². The van der Waals surface area contributed by atoms with Gasteiger partial charge in [0.05, 0.1) is 0 Å². The van der Waals surface area contributed by atoms with E-state index in [1.54, 1.807) is 6.20 Å². The molecule has 0 aliphatic carbocycles. The second-order valence-electron chi connectivity index (χ2n) is 3.12. The molecule has 3 nitrogen and oxygen atoms in total. The van der Waals surface area contributed by atoms with Gasteiger partial charge in [0, 0.05) is 18.3 Å². The zero-order chi connectivity index (χ0) is 9.10. The molecular weight excluding hydrogens is 162 g/mol. The molecule has 1 aliphatic heterocycles. The summed E-state index contributed by atoms with van der Waals surface area (Å²) in [5, 5.41) is 3.27. The summed E-state index contributed by atoms with van der Waals surface area (Å²) in [4.78, 5) is 4.07. The number of nitrogen functional groups attached to an aromatic ring is 1. The van der Waals surface area contributed by atoms with Gasteiger partial charge in [-0.05, 0) is 30.7 Å². The van der Waals surface area contributed by atoms with Crippen molar-refractivity contribution in [3.8, 4) is 0 Å². The highest BCUT2D eigenvalue weighted by molar-refractivity contribution is 5.73. The normalized spacial score (nSPS) is 16.8. The van der Waals surface area contributed by atoms with E-state index in [-0.39, 0.29) is 0 Å². The van der Waals surface area contributed by atoms with Gasteiger partial charge >= 0.3 is 0 Å². The van der Waals surface area contributed by atoms with E-state index in [0.717, 1.165) is 25.1 Å². The molecule has 0 amide bonds. The van der Waals surface area contributed by atoms with Crippen LogP contribution in [0.5, 0.6) is 0 Å². The van der Waals surface area contributed by atoms with E-state index >= 15 is 0 Å². The van der Waals surface area contributed by atoms with Crippen LogP contribution >= 0.6 is 0 Å². The van der Waals surface area contributed by atoms with Gasteiger partial charge in [-0.15, -0.1) is 0 Å². The summed E-state index contributed by atoms with van der Waals surface area (Å²) in [5.74, 6) is 0.635. The minimum absolute atomic E-state index is 0.635. The SMILES string of the molecule is Nc1ncccc1C1=CCNCC1. The Morgan fingerprint density at radius 1 is 1.46 bits per heavy atom. The number of pyridine rings is 1. The summed E-state index contributed by atoms with van der Waals surface area (Å²) >= 11 is 0. The van der Waals surface area contributed by atoms with Crippen LogP contribution in [0.2, 0.25) is 0 Å². The third kappa shape index (κ3) is 1.70. The Bertz CT molecular complexity index is 331. The topological polar surface area (TPSA) is 50.9 Å². The number of hydrogen-bond donors (Lipinski definition) is 2. The Balaban J connectivity index is 2.34. The van der Waals surface area contributed by atoms with Gasteiger partial charge in [-0.2, -0.15) is 0 Å². The first-order valence-corrected chi connectivity index (χ1v) is 4.48. The monoisotopic (exact) mass is 175 g/mol. The van der Waals surface area contributed by atoms with Gasteiger partial charge in [0.15, 0.2) is 0 Å². The summed E-state index contributed by atoms with van der Waals surface area (Å²) in [7, 11) is 0.